The molecule has 0 bridgehead atoms. The number of nitrogens with one attached hydrogen (secondary N) is 1. The van der Waals surface area contributed by atoms with Crippen LogP contribution in [0.15, 0.2) is 59.4 Å². The molecular weight excluding hydrogens is 342 g/mol. The van der Waals surface area contributed by atoms with Crippen LogP contribution in [0.2, 0.25) is 0 Å². The van der Waals surface area contributed by atoms with Crippen molar-refractivity contribution in [1.82, 2.24) is 14.9 Å². The van der Waals surface area contributed by atoms with E-state index in [1.807, 2.05) is 42.5 Å². The second-order valence-electron chi connectivity index (χ2n) is 6.41. The van der Waals surface area contributed by atoms with Crippen LogP contribution in [0.5, 0.6) is 5.75 Å². The number of fused-ring (bicyclic) bond motifs is 1. The number of carbonyl (C=O) groups excluding carboxylic acids is 1. The molecule has 3 aromatic rings. The minimum Gasteiger partial charge on any atom is -0.497 e. The van der Waals surface area contributed by atoms with E-state index in [-0.39, 0.29) is 11.5 Å². The van der Waals surface area contributed by atoms with Crippen molar-refractivity contribution in [3.8, 4) is 17.1 Å². The molecule has 0 saturated heterocycles. The molecule has 0 spiro atoms. The Hall–Kier alpha value is -3.41. The second-order valence-corrected chi connectivity index (χ2v) is 6.41. The number of benzene rings is 2. The first kappa shape index (κ1) is 17.0. The third kappa shape index (κ3) is 3.33. The van der Waals surface area contributed by atoms with Crippen molar-refractivity contribution >= 4 is 5.91 Å². The van der Waals surface area contributed by atoms with Gasteiger partial charge in [0.2, 0.25) is 0 Å². The molecule has 4 rings (SSSR count). The molecule has 1 N–H and O–H groups in total. The molecule has 27 heavy (non-hydrogen) atoms. The average Bonchev–Trinajstić information content (AvgIpc) is 2.73. The fourth-order valence-electron chi connectivity index (χ4n) is 3.26. The summed E-state index contributed by atoms with van der Waals surface area (Å²) in [6.45, 7) is 0.837. The smallest absolute Gasteiger partial charge is 0.254 e. The van der Waals surface area contributed by atoms with Crippen molar-refractivity contribution in [3.63, 3.8) is 0 Å². The monoisotopic (exact) mass is 361 g/mol. The summed E-state index contributed by atoms with van der Waals surface area (Å²) in [4.78, 5) is 34.5. The predicted octanol–water partition coefficient (Wildman–Crippen LogP) is 2.64. The molecule has 1 aliphatic rings. The van der Waals surface area contributed by atoms with Gasteiger partial charge in [0.25, 0.3) is 11.5 Å². The Balaban J connectivity index is 1.65. The summed E-state index contributed by atoms with van der Waals surface area (Å²) in [6, 6.07) is 16.5. The van der Waals surface area contributed by atoms with Crippen LogP contribution in [0.1, 0.15) is 21.6 Å². The van der Waals surface area contributed by atoms with Gasteiger partial charge >= 0.3 is 0 Å². The lowest BCUT2D eigenvalue weighted by molar-refractivity contribution is 0.0731. The van der Waals surface area contributed by atoms with Crippen LogP contribution in [0.25, 0.3) is 11.4 Å². The number of carbonyl (C=O) groups is 1. The van der Waals surface area contributed by atoms with E-state index in [2.05, 4.69) is 9.97 Å². The molecule has 1 aliphatic heterocycles. The molecule has 0 atom stereocenters. The van der Waals surface area contributed by atoms with Crippen molar-refractivity contribution < 1.29 is 9.53 Å². The molecule has 2 aromatic carbocycles. The Morgan fingerprint density at radius 1 is 1.11 bits per heavy atom. The summed E-state index contributed by atoms with van der Waals surface area (Å²) < 4.78 is 5.17. The lowest BCUT2D eigenvalue weighted by Crippen LogP contribution is -2.39. The molecule has 1 amide bonds. The molecule has 0 aliphatic carbocycles. The van der Waals surface area contributed by atoms with E-state index in [9.17, 15) is 9.59 Å². The Kier molecular flexibility index (Phi) is 4.46. The van der Waals surface area contributed by atoms with Gasteiger partial charge in [-0.15, -0.1) is 0 Å². The Bertz CT molecular complexity index is 1030. The van der Waals surface area contributed by atoms with E-state index in [4.69, 9.17) is 4.74 Å². The van der Waals surface area contributed by atoms with E-state index >= 15 is 0 Å². The van der Waals surface area contributed by atoms with Gasteiger partial charge in [0.1, 0.15) is 11.6 Å². The predicted molar refractivity (Wildman–Crippen MR) is 102 cm³/mol. The zero-order chi connectivity index (χ0) is 18.8. The molecule has 0 fully saturated rings. The molecule has 6 nitrogen and oxygen atoms in total. The quantitative estimate of drug-likeness (QED) is 0.778. The summed E-state index contributed by atoms with van der Waals surface area (Å²) in [5.74, 6) is 1.18. The number of rotatable bonds is 3. The number of hydrogen-bond acceptors (Lipinski definition) is 4. The minimum atomic E-state index is -0.141. The highest BCUT2D eigenvalue weighted by atomic mass is 16.5. The van der Waals surface area contributed by atoms with Gasteiger partial charge in [-0.3, -0.25) is 9.59 Å². The summed E-state index contributed by atoms with van der Waals surface area (Å²) >= 11 is 0. The van der Waals surface area contributed by atoms with Gasteiger partial charge < -0.3 is 14.6 Å². The maximum atomic E-state index is 12.7. The Labute approximate surface area is 156 Å². The first-order valence-corrected chi connectivity index (χ1v) is 8.76. The van der Waals surface area contributed by atoms with Crippen molar-refractivity contribution in [2.24, 2.45) is 0 Å². The first-order valence-electron chi connectivity index (χ1n) is 8.76. The molecular formula is C21H19N3O3. The fourth-order valence-corrected chi connectivity index (χ4v) is 3.26. The maximum Gasteiger partial charge on any atom is 0.254 e. The SMILES string of the molecule is COc1ccc(-c2nc3c(c(=O)[nH]2)CCN(C(=O)c2ccccc2)C3)cc1. The number of methoxy groups -OCH3 is 1. The van der Waals surface area contributed by atoms with Gasteiger partial charge in [-0.1, -0.05) is 18.2 Å². The normalized spacial score (nSPS) is 13.1. The highest BCUT2D eigenvalue weighted by Gasteiger charge is 2.25. The van der Waals surface area contributed by atoms with Crippen molar-refractivity contribution in [2.45, 2.75) is 13.0 Å². The van der Waals surface area contributed by atoms with Gasteiger partial charge in [0.15, 0.2) is 0 Å². The molecule has 0 radical (unpaired) electrons. The number of nitrogens with zero attached hydrogens (tertiary/aromatic N) is 2. The first-order chi connectivity index (χ1) is 13.2. The van der Waals surface area contributed by atoms with E-state index in [0.29, 0.717) is 42.2 Å². The van der Waals surface area contributed by atoms with Crippen LogP contribution in [0, 0.1) is 0 Å². The molecule has 6 heteroatoms. The molecule has 0 saturated carbocycles. The zero-order valence-electron chi connectivity index (χ0n) is 14.9. The van der Waals surface area contributed by atoms with Crippen LogP contribution < -0.4 is 10.3 Å². The highest BCUT2D eigenvalue weighted by molar-refractivity contribution is 5.94. The number of ether oxygens (including phenoxy) is 1. The largest absolute Gasteiger partial charge is 0.497 e. The number of amides is 1. The standard InChI is InChI=1S/C21H19N3O3/c1-27-16-9-7-14(8-10-16)19-22-18-13-24(12-11-17(18)20(25)23-19)21(26)15-5-3-2-4-6-15/h2-10H,11-13H2,1H3,(H,22,23,25). The zero-order valence-corrected chi connectivity index (χ0v) is 14.9. The summed E-state index contributed by atoms with van der Waals surface area (Å²) in [5.41, 5.74) is 2.60. The van der Waals surface area contributed by atoms with Crippen LogP contribution >= 0.6 is 0 Å². The van der Waals surface area contributed by atoms with Crippen LogP contribution in [0.3, 0.4) is 0 Å². The van der Waals surface area contributed by atoms with Crippen molar-refractivity contribution in [3.05, 3.63) is 81.8 Å². The van der Waals surface area contributed by atoms with E-state index in [1.54, 1.807) is 24.1 Å². The summed E-state index contributed by atoms with van der Waals surface area (Å²) in [6.07, 6.45) is 0.499. The topological polar surface area (TPSA) is 75.3 Å². The summed E-state index contributed by atoms with van der Waals surface area (Å²) in [7, 11) is 1.60. The number of H-pyrrole nitrogens is 1. The Morgan fingerprint density at radius 3 is 2.56 bits per heavy atom. The van der Waals surface area contributed by atoms with E-state index < -0.39 is 0 Å². The van der Waals surface area contributed by atoms with Crippen LogP contribution in [-0.2, 0) is 13.0 Å². The fraction of sp³-hybridized carbons (Fsp3) is 0.190. The molecule has 1 aromatic heterocycles. The van der Waals surface area contributed by atoms with Gasteiger partial charge in [-0.25, -0.2) is 4.98 Å². The van der Waals surface area contributed by atoms with E-state index in [1.165, 1.54) is 0 Å². The molecule has 0 unspecified atom stereocenters. The minimum absolute atomic E-state index is 0.0469. The molecule has 136 valence electrons. The number of hydrogen-bond donors (Lipinski definition) is 1. The van der Waals surface area contributed by atoms with Crippen LogP contribution in [-0.4, -0.2) is 34.4 Å². The third-order valence-corrected chi connectivity index (χ3v) is 4.74. The molecule has 2 heterocycles. The van der Waals surface area contributed by atoms with E-state index in [0.717, 1.165) is 11.3 Å². The van der Waals surface area contributed by atoms with Gasteiger partial charge in [-0.2, -0.15) is 0 Å². The van der Waals surface area contributed by atoms with Gasteiger partial charge in [-0.05, 0) is 42.8 Å². The highest BCUT2D eigenvalue weighted by Crippen LogP contribution is 2.22. The van der Waals surface area contributed by atoms with Crippen LogP contribution in [0.4, 0.5) is 0 Å². The second kappa shape index (κ2) is 7.07. The number of aromatic amines is 1. The maximum absolute atomic E-state index is 12.7. The van der Waals surface area contributed by atoms with Gasteiger partial charge in [0.05, 0.1) is 19.3 Å². The van der Waals surface area contributed by atoms with Gasteiger partial charge in [0, 0.05) is 23.2 Å². The lowest BCUT2D eigenvalue weighted by Gasteiger charge is -2.28. The number of aromatic nitrogens is 2. The lowest BCUT2D eigenvalue weighted by atomic mass is 10.0. The summed E-state index contributed by atoms with van der Waals surface area (Å²) in [5, 5.41) is 0. The van der Waals surface area contributed by atoms with Crippen molar-refractivity contribution in [1.29, 1.82) is 0 Å². The average molecular weight is 361 g/mol. The third-order valence-electron chi connectivity index (χ3n) is 4.74. The Morgan fingerprint density at radius 2 is 1.85 bits per heavy atom. The van der Waals surface area contributed by atoms with Crippen molar-refractivity contribution in [2.75, 3.05) is 13.7 Å².